The first-order valence-corrected chi connectivity index (χ1v) is 11.0. The van der Waals surface area contributed by atoms with Crippen LogP contribution in [0.5, 0.6) is 5.75 Å². The summed E-state index contributed by atoms with van der Waals surface area (Å²) in [5.41, 5.74) is -0.449. The van der Waals surface area contributed by atoms with E-state index in [1.54, 1.807) is 12.1 Å². The molecule has 11 heteroatoms. The number of nitrogens with zero attached hydrogens (tertiary/aromatic N) is 3. The van der Waals surface area contributed by atoms with Gasteiger partial charge in [0, 0.05) is 25.2 Å². The molecule has 0 aliphatic carbocycles. The Morgan fingerprint density at radius 3 is 2.62 bits per heavy atom. The molecule has 1 aliphatic heterocycles. The molecular formula is C18H21ClN4O5S. The summed E-state index contributed by atoms with van der Waals surface area (Å²) in [7, 11) is -2.34. The SMILES string of the molecule is Cn1c(N2CCCCS2(=O)=O)nc(C(=O)NCCc2ccc(Cl)cc2)c(O)c1=O. The van der Waals surface area contributed by atoms with E-state index >= 15 is 0 Å². The normalized spacial score (nSPS) is 15.9. The van der Waals surface area contributed by atoms with Gasteiger partial charge in [-0.15, -0.1) is 0 Å². The quantitative estimate of drug-likeness (QED) is 0.716. The van der Waals surface area contributed by atoms with Crippen molar-refractivity contribution in [3.8, 4) is 5.75 Å². The van der Waals surface area contributed by atoms with Gasteiger partial charge in [0.15, 0.2) is 5.69 Å². The van der Waals surface area contributed by atoms with Gasteiger partial charge in [0.1, 0.15) is 0 Å². The van der Waals surface area contributed by atoms with Crippen LogP contribution in [-0.4, -0.2) is 47.8 Å². The Bertz CT molecular complexity index is 1080. The van der Waals surface area contributed by atoms with Crippen LogP contribution in [0.25, 0.3) is 0 Å². The topological polar surface area (TPSA) is 122 Å². The molecule has 0 unspecified atom stereocenters. The fraction of sp³-hybridized carbons (Fsp3) is 0.389. The zero-order valence-corrected chi connectivity index (χ0v) is 17.3. The van der Waals surface area contributed by atoms with E-state index < -0.39 is 32.9 Å². The summed E-state index contributed by atoms with van der Waals surface area (Å²) >= 11 is 5.84. The molecule has 156 valence electrons. The van der Waals surface area contributed by atoms with Crippen LogP contribution in [0.4, 0.5) is 5.95 Å². The van der Waals surface area contributed by atoms with Crippen molar-refractivity contribution in [3.05, 3.63) is 50.9 Å². The molecule has 9 nitrogen and oxygen atoms in total. The molecule has 1 aliphatic rings. The summed E-state index contributed by atoms with van der Waals surface area (Å²) in [4.78, 5) is 28.9. The predicted molar refractivity (Wildman–Crippen MR) is 109 cm³/mol. The third-order valence-electron chi connectivity index (χ3n) is 4.64. The highest BCUT2D eigenvalue weighted by Gasteiger charge is 2.31. The molecule has 2 heterocycles. The van der Waals surface area contributed by atoms with E-state index in [9.17, 15) is 23.1 Å². The number of carbonyl (C=O) groups is 1. The molecule has 0 atom stereocenters. The van der Waals surface area contributed by atoms with Crippen molar-refractivity contribution in [1.82, 2.24) is 14.9 Å². The van der Waals surface area contributed by atoms with Crippen molar-refractivity contribution in [1.29, 1.82) is 0 Å². The molecule has 0 radical (unpaired) electrons. The van der Waals surface area contributed by atoms with Gasteiger partial charge in [-0.1, -0.05) is 23.7 Å². The van der Waals surface area contributed by atoms with E-state index in [1.807, 2.05) is 12.1 Å². The van der Waals surface area contributed by atoms with Crippen molar-refractivity contribution in [2.75, 3.05) is 23.1 Å². The average molecular weight is 441 g/mol. The van der Waals surface area contributed by atoms with Gasteiger partial charge in [0.05, 0.1) is 5.75 Å². The molecule has 1 amide bonds. The lowest BCUT2D eigenvalue weighted by Crippen LogP contribution is -2.42. The number of halogens is 1. The van der Waals surface area contributed by atoms with Crippen LogP contribution in [0.1, 0.15) is 28.9 Å². The van der Waals surface area contributed by atoms with E-state index in [-0.39, 0.29) is 24.8 Å². The van der Waals surface area contributed by atoms with Gasteiger partial charge in [-0.25, -0.2) is 17.7 Å². The van der Waals surface area contributed by atoms with Crippen LogP contribution >= 0.6 is 11.6 Å². The zero-order chi connectivity index (χ0) is 21.2. The molecule has 0 spiro atoms. The Balaban J connectivity index is 1.83. The van der Waals surface area contributed by atoms with E-state index in [1.165, 1.54) is 7.05 Å². The standard InChI is InChI=1S/C18H21ClN4O5S/c1-22-17(26)15(24)14(21-18(22)23-10-2-3-11-29(23,27)28)16(25)20-9-8-12-4-6-13(19)7-5-12/h4-7,24H,2-3,8-11H2,1H3,(H,20,25). The summed E-state index contributed by atoms with van der Waals surface area (Å²) in [6, 6.07) is 7.11. The third-order valence-corrected chi connectivity index (χ3v) is 6.72. The highest BCUT2D eigenvalue weighted by atomic mass is 35.5. The van der Waals surface area contributed by atoms with Gasteiger partial charge in [0.25, 0.3) is 11.5 Å². The predicted octanol–water partition coefficient (Wildman–Crippen LogP) is 1.04. The fourth-order valence-electron chi connectivity index (χ4n) is 3.03. The van der Waals surface area contributed by atoms with Gasteiger partial charge < -0.3 is 10.4 Å². The Hall–Kier alpha value is -2.59. The van der Waals surface area contributed by atoms with Crippen LogP contribution in [0.15, 0.2) is 29.1 Å². The van der Waals surface area contributed by atoms with Crippen molar-refractivity contribution >= 4 is 33.5 Å². The van der Waals surface area contributed by atoms with Crippen LogP contribution in [0.2, 0.25) is 5.02 Å². The second-order valence-corrected chi connectivity index (χ2v) is 9.15. The number of nitrogens with one attached hydrogen (secondary N) is 1. The summed E-state index contributed by atoms with van der Waals surface area (Å²) in [6.07, 6.45) is 1.63. The van der Waals surface area contributed by atoms with Crippen molar-refractivity contribution in [3.63, 3.8) is 0 Å². The Morgan fingerprint density at radius 2 is 1.97 bits per heavy atom. The van der Waals surface area contributed by atoms with Gasteiger partial charge >= 0.3 is 0 Å². The average Bonchev–Trinajstić information content (AvgIpc) is 2.68. The summed E-state index contributed by atoms with van der Waals surface area (Å²) in [5.74, 6) is -1.83. The number of anilines is 1. The van der Waals surface area contributed by atoms with Crippen LogP contribution in [0, 0.1) is 0 Å². The first-order valence-electron chi connectivity index (χ1n) is 9.04. The van der Waals surface area contributed by atoms with Crippen LogP contribution in [-0.2, 0) is 23.5 Å². The van der Waals surface area contributed by atoms with E-state index in [0.29, 0.717) is 24.3 Å². The van der Waals surface area contributed by atoms with Crippen LogP contribution < -0.4 is 15.2 Å². The summed E-state index contributed by atoms with van der Waals surface area (Å²) in [5, 5.41) is 13.3. The largest absolute Gasteiger partial charge is 0.501 e. The first kappa shape index (κ1) is 21.1. The molecule has 1 fully saturated rings. The number of carbonyl (C=O) groups excluding carboxylic acids is 1. The molecule has 29 heavy (non-hydrogen) atoms. The molecule has 3 rings (SSSR count). The number of benzene rings is 1. The number of hydrogen-bond donors (Lipinski definition) is 2. The molecule has 0 bridgehead atoms. The maximum Gasteiger partial charge on any atom is 0.297 e. The van der Waals surface area contributed by atoms with Gasteiger partial charge in [-0.3, -0.25) is 14.2 Å². The second kappa shape index (κ2) is 8.42. The Kier molecular flexibility index (Phi) is 6.13. The van der Waals surface area contributed by atoms with Crippen molar-refractivity contribution in [2.45, 2.75) is 19.3 Å². The molecule has 2 N–H and O–H groups in total. The Morgan fingerprint density at radius 1 is 1.28 bits per heavy atom. The lowest BCUT2D eigenvalue weighted by molar-refractivity contribution is 0.0945. The lowest BCUT2D eigenvalue weighted by atomic mass is 10.1. The molecule has 1 aromatic heterocycles. The number of amides is 1. The number of hydrogen-bond acceptors (Lipinski definition) is 6. The van der Waals surface area contributed by atoms with Crippen molar-refractivity contribution < 1.29 is 18.3 Å². The molecule has 0 saturated carbocycles. The van der Waals surface area contributed by atoms with E-state index in [4.69, 9.17) is 11.6 Å². The second-order valence-electron chi connectivity index (χ2n) is 6.70. The highest BCUT2D eigenvalue weighted by Crippen LogP contribution is 2.22. The minimum Gasteiger partial charge on any atom is -0.501 e. The highest BCUT2D eigenvalue weighted by molar-refractivity contribution is 7.92. The molecular weight excluding hydrogens is 420 g/mol. The van der Waals surface area contributed by atoms with Crippen LogP contribution in [0.3, 0.4) is 0 Å². The number of sulfonamides is 1. The molecule has 1 saturated heterocycles. The number of aromatic hydroxyl groups is 1. The lowest BCUT2D eigenvalue weighted by Gasteiger charge is -2.28. The maximum atomic E-state index is 12.5. The number of rotatable bonds is 5. The first-order chi connectivity index (χ1) is 13.7. The third kappa shape index (κ3) is 4.54. The number of aromatic nitrogens is 2. The molecule has 2 aromatic rings. The Labute approximate surface area is 173 Å². The smallest absolute Gasteiger partial charge is 0.297 e. The van der Waals surface area contributed by atoms with E-state index in [0.717, 1.165) is 14.4 Å². The summed E-state index contributed by atoms with van der Waals surface area (Å²) in [6.45, 7) is 0.388. The van der Waals surface area contributed by atoms with E-state index in [2.05, 4.69) is 10.3 Å². The monoisotopic (exact) mass is 440 g/mol. The minimum absolute atomic E-state index is 0.0631. The fourth-order valence-corrected chi connectivity index (χ4v) is 4.76. The minimum atomic E-state index is -3.64. The maximum absolute atomic E-state index is 12.5. The van der Waals surface area contributed by atoms with Gasteiger partial charge in [-0.05, 0) is 37.0 Å². The van der Waals surface area contributed by atoms with Crippen molar-refractivity contribution in [2.24, 2.45) is 7.05 Å². The van der Waals surface area contributed by atoms with Gasteiger partial charge in [0.2, 0.25) is 21.7 Å². The van der Waals surface area contributed by atoms with Gasteiger partial charge in [-0.2, -0.15) is 0 Å². The molecule has 1 aromatic carbocycles. The zero-order valence-electron chi connectivity index (χ0n) is 15.8. The summed E-state index contributed by atoms with van der Waals surface area (Å²) < 4.78 is 26.7.